The van der Waals surface area contributed by atoms with Gasteiger partial charge >= 0.3 is 6.03 Å². The summed E-state index contributed by atoms with van der Waals surface area (Å²) >= 11 is 0. The third kappa shape index (κ3) is 9.20. The van der Waals surface area contributed by atoms with Crippen molar-refractivity contribution in [2.24, 2.45) is 0 Å². The molecule has 0 saturated heterocycles. The van der Waals surface area contributed by atoms with E-state index in [0.717, 1.165) is 25.9 Å². The quantitative estimate of drug-likeness (QED) is 0.645. The van der Waals surface area contributed by atoms with Gasteiger partial charge in [0.1, 0.15) is 0 Å². The lowest BCUT2D eigenvalue weighted by Gasteiger charge is -2.03. The fraction of sp³-hybridized carbons (Fsp3) is 0.857. The molecule has 0 fully saturated rings. The van der Waals surface area contributed by atoms with Gasteiger partial charge in [-0.2, -0.15) is 0 Å². The number of hydrogen-bond donors (Lipinski definition) is 2. The van der Waals surface area contributed by atoms with Gasteiger partial charge in [-0.3, -0.25) is 4.70 Å². The Bertz CT molecular complexity index is 88.4. The molecule has 0 aromatic carbocycles. The van der Waals surface area contributed by atoms with Crippen LogP contribution in [0.25, 0.3) is 0 Å². The Hall–Kier alpha value is -0.800. The number of hydrogen-bond acceptors (Lipinski definition) is 1. The van der Waals surface area contributed by atoms with Gasteiger partial charge in [0.15, 0.2) is 0 Å². The molecule has 2 N–H and O–H groups in total. The third-order valence-electron chi connectivity index (χ3n) is 1.07. The number of nitrogens with one attached hydrogen (secondary N) is 2. The van der Waals surface area contributed by atoms with Crippen LogP contribution in [0.4, 0.5) is 9.50 Å². The lowest BCUT2D eigenvalue weighted by molar-refractivity contribution is 0.241. The molecule has 4 heteroatoms. The smallest absolute Gasteiger partial charge is 0.314 e. The first-order valence-corrected chi connectivity index (χ1v) is 3.83. The minimum absolute atomic E-state index is 0. The fourth-order valence-corrected chi connectivity index (χ4v) is 0.540. The van der Waals surface area contributed by atoms with Gasteiger partial charge in [0.2, 0.25) is 0 Å². The highest BCUT2D eigenvalue weighted by Gasteiger charge is 1.93. The molecule has 0 aliphatic heterocycles. The Morgan fingerprint density at radius 3 is 1.73 bits per heavy atom. The van der Waals surface area contributed by atoms with Crippen molar-refractivity contribution in [3.63, 3.8) is 0 Å². The number of halogens is 1. The molecular weight excluding hydrogens is 147 g/mol. The van der Waals surface area contributed by atoms with Gasteiger partial charge in [0.05, 0.1) is 0 Å². The van der Waals surface area contributed by atoms with E-state index in [2.05, 4.69) is 10.6 Å². The van der Waals surface area contributed by atoms with Gasteiger partial charge in [-0.1, -0.05) is 13.8 Å². The predicted molar refractivity (Wildman–Crippen MR) is 44.5 cm³/mol. The number of amides is 2. The van der Waals surface area contributed by atoms with Crippen LogP contribution in [0.5, 0.6) is 0 Å². The van der Waals surface area contributed by atoms with E-state index in [1.54, 1.807) is 0 Å². The summed E-state index contributed by atoms with van der Waals surface area (Å²) in [4.78, 5) is 10.7. The fourth-order valence-electron chi connectivity index (χ4n) is 0.540. The van der Waals surface area contributed by atoms with E-state index in [0.29, 0.717) is 0 Å². The lowest BCUT2D eigenvalue weighted by atomic mass is 10.5. The van der Waals surface area contributed by atoms with Crippen LogP contribution in [0.2, 0.25) is 0 Å². The second-order valence-corrected chi connectivity index (χ2v) is 2.18. The zero-order valence-corrected chi connectivity index (χ0v) is 7.14. The largest absolute Gasteiger partial charge is 0.338 e. The maximum atomic E-state index is 10.7. The second kappa shape index (κ2) is 9.20. The predicted octanol–water partition coefficient (Wildman–Crippen LogP) is 1.26. The van der Waals surface area contributed by atoms with Crippen LogP contribution < -0.4 is 10.6 Å². The Kier molecular flexibility index (Phi) is 10.7. The SMILES string of the molecule is CCCNC(=O)NCCC.F. The number of carbonyl (C=O) groups is 1. The minimum atomic E-state index is -0.0521. The van der Waals surface area contributed by atoms with E-state index in [4.69, 9.17) is 0 Å². The Morgan fingerprint density at radius 1 is 1.09 bits per heavy atom. The molecule has 0 radical (unpaired) electrons. The summed E-state index contributed by atoms with van der Waals surface area (Å²) in [5, 5.41) is 5.43. The highest BCUT2D eigenvalue weighted by atomic mass is 19.0. The molecule has 0 rings (SSSR count). The van der Waals surface area contributed by atoms with E-state index in [9.17, 15) is 4.79 Å². The number of urea groups is 1. The van der Waals surface area contributed by atoms with Crippen molar-refractivity contribution in [1.82, 2.24) is 10.6 Å². The monoisotopic (exact) mass is 164 g/mol. The molecule has 2 amide bonds. The first kappa shape index (κ1) is 12.8. The Balaban J connectivity index is 0. The topological polar surface area (TPSA) is 41.1 Å². The van der Waals surface area contributed by atoms with Crippen LogP contribution in [0.1, 0.15) is 26.7 Å². The van der Waals surface area contributed by atoms with Crippen LogP contribution in [0, 0.1) is 0 Å². The molecular formula is C7H17FN2O. The summed E-state index contributed by atoms with van der Waals surface area (Å²) in [6.45, 7) is 5.57. The summed E-state index contributed by atoms with van der Waals surface area (Å²) in [7, 11) is 0. The van der Waals surface area contributed by atoms with Gasteiger partial charge in [0, 0.05) is 13.1 Å². The molecule has 0 heterocycles. The van der Waals surface area contributed by atoms with Crippen LogP contribution in [0.15, 0.2) is 0 Å². The highest BCUT2D eigenvalue weighted by molar-refractivity contribution is 5.73. The minimum Gasteiger partial charge on any atom is -0.338 e. The molecule has 0 saturated carbocycles. The zero-order chi connectivity index (χ0) is 7.82. The van der Waals surface area contributed by atoms with Crippen molar-refractivity contribution >= 4 is 6.03 Å². The summed E-state index contributed by atoms with van der Waals surface area (Å²) in [5.41, 5.74) is 0. The summed E-state index contributed by atoms with van der Waals surface area (Å²) in [5.74, 6) is 0. The van der Waals surface area contributed by atoms with Gasteiger partial charge in [-0.25, -0.2) is 4.79 Å². The standard InChI is InChI=1S/C7H16N2O.FH/c1-3-5-8-7(10)9-6-4-2;/h3-6H2,1-2H3,(H2,8,9,10);1H. The van der Waals surface area contributed by atoms with E-state index in [1.807, 2.05) is 13.8 Å². The maximum absolute atomic E-state index is 10.7. The first-order valence-electron chi connectivity index (χ1n) is 3.83. The molecule has 0 aromatic rings. The first-order chi connectivity index (χ1) is 4.81. The van der Waals surface area contributed by atoms with E-state index < -0.39 is 0 Å². The molecule has 0 aliphatic carbocycles. The highest BCUT2D eigenvalue weighted by Crippen LogP contribution is 1.72. The number of rotatable bonds is 4. The average molecular weight is 164 g/mol. The van der Waals surface area contributed by atoms with Gasteiger partial charge in [-0.15, -0.1) is 0 Å². The Morgan fingerprint density at radius 2 is 1.45 bits per heavy atom. The van der Waals surface area contributed by atoms with Crippen LogP contribution in [-0.2, 0) is 0 Å². The molecule has 0 aliphatic rings. The third-order valence-corrected chi connectivity index (χ3v) is 1.07. The van der Waals surface area contributed by atoms with Crippen molar-refractivity contribution in [3.05, 3.63) is 0 Å². The normalized spacial score (nSPS) is 8.18. The second-order valence-electron chi connectivity index (χ2n) is 2.18. The molecule has 0 aromatic heterocycles. The zero-order valence-electron chi connectivity index (χ0n) is 7.14. The molecule has 0 bridgehead atoms. The maximum Gasteiger partial charge on any atom is 0.314 e. The average Bonchev–Trinajstić information content (AvgIpc) is 1.97. The molecule has 3 nitrogen and oxygen atoms in total. The van der Waals surface area contributed by atoms with Crippen molar-refractivity contribution in [3.8, 4) is 0 Å². The molecule has 0 spiro atoms. The molecule has 68 valence electrons. The van der Waals surface area contributed by atoms with Crippen LogP contribution >= 0.6 is 0 Å². The van der Waals surface area contributed by atoms with Crippen molar-refractivity contribution in [2.75, 3.05) is 13.1 Å². The van der Waals surface area contributed by atoms with E-state index in [1.165, 1.54) is 0 Å². The van der Waals surface area contributed by atoms with Gasteiger partial charge in [-0.05, 0) is 12.8 Å². The summed E-state index contributed by atoms with van der Waals surface area (Å²) in [6, 6.07) is -0.0521. The molecule has 0 unspecified atom stereocenters. The van der Waals surface area contributed by atoms with Crippen molar-refractivity contribution in [1.29, 1.82) is 0 Å². The van der Waals surface area contributed by atoms with Crippen LogP contribution in [-0.4, -0.2) is 19.1 Å². The van der Waals surface area contributed by atoms with Crippen molar-refractivity contribution < 1.29 is 9.50 Å². The summed E-state index contributed by atoms with van der Waals surface area (Å²) < 4.78 is 0. The van der Waals surface area contributed by atoms with Gasteiger partial charge in [0.25, 0.3) is 0 Å². The van der Waals surface area contributed by atoms with E-state index in [-0.39, 0.29) is 10.7 Å². The van der Waals surface area contributed by atoms with Gasteiger partial charge < -0.3 is 10.6 Å². The number of carbonyl (C=O) groups excluding carboxylic acids is 1. The molecule has 0 atom stereocenters. The van der Waals surface area contributed by atoms with Crippen molar-refractivity contribution in [2.45, 2.75) is 26.7 Å². The summed E-state index contributed by atoms with van der Waals surface area (Å²) in [6.07, 6.45) is 1.97. The molecule has 11 heavy (non-hydrogen) atoms. The lowest BCUT2D eigenvalue weighted by Crippen LogP contribution is -2.36. The Labute approximate surface area is 66.9 Å². The van der Waals surface area contributed by atoms with Crippen LogP contribution in [0.3, 0.4) is 0 Å². The van der Waals surface area contributed by atoms with E-state index >= 15 is 0 Å².